The van der Waals surface area contributed by atoms with Crippen molar-refractivity contribution in [2.75, 3.05) is 5.32 Å². The van der Waals surface area contributed by atoms with Gasteiger partial charge < -0.3 is 5.73 Å². The van der Waals surface area contributed by atoms with Gasteiger partial charge in [-0.15, -0.1) is 9.97 Å². The number of anilines is 1. The minimum atomic E-state index is -0.740. The van der Waals surface area contributed by atoms with Gasteiger partial charge in [0.1, 0.15) is 11.5 Å². The summed E-state index contributed by atoms with van der Waals surface area (Å²) in [6, 6.07) is 4.96. The van der Waals surface area contributed by atoms with Gasteiger partial charge in [-0.3, -0.25) is 5.32 Å². The highest BCUT2D eigenvalue weighted by molar-refractivity contribution is 5.88. The van der Waals surface area contributed by atoms with Crippen molar-refractivity contribution >= 4 is 17.6 Å². The van der Waals surface area contributed by atoms with Crippen LogP contribution in [0.3, 0.4) is 0 Å². The average molecular weight is 278 g/mol. The normalized spacial score (nSPS) is 11.5. The summed E-state index contributed by atoms with van der Waals surface area (Å²) >= 11 is 0. The van der Waals surface area contributed by atoms with Crippen LogP contribution in [0, 0.1) is 25.5 Å². The number of benzene rings is 1. The van der Waals surface area contributed by atoms with Crippen molar-refractivity contribution in [3.05, 3.63) is 47.3 Å². The lowest BCUT2D eigenvalue weighted by Gasteiger charge is -2.03. The summed E-state index contributed by atoms with van der Waals surface area (Å²) in [6.07, 6.45) is 0. The van der Waals surface area contributed by atoms with Crippen molar-refractivity contribution in [2.24, 2.45) is 5.73 Å². The molecule has 20 heavy (non-hydrogen) atoms. The van der Waals surface area contributed by atoms with Gasteiger partial charge in [0, 0.05) is 12.1 Å². The van der Waals surface area contributed by atoms with Gasteiger partial charge in [-0.25, -0.2) is 13.8 Å². The quantitative estimate of drug-likeness (QED) is 0.552. The summed E-state index contributed by atoms with van der Waals surface area (Å²) in [7, 11) is 0. The van der Waals surface area contributed by atoms with Gasteiger partial charge in [0.25, 0.3) is 5.96 Å². The Morgan fingerprint density at radius 2 is 1.80 bits per heavy atom. The fraction of sp³-hybridized carbons (Fsp3) is 0.154. The number of nitrogens with one attached hydrogen (secondary N) is 2. The van der Waals surface area contributed by atoms with Crippen molar-refractivity contribution < 1.29 is 13.8 Å². The van der Waals surface area contributed by atoms with Gasteiger partial charge in [-0.05, 0) is 26.0 Å². The average Bonchev–Trinajstić information content (AvgIpc) is 2.31. The maximum atomic E-state index is 13.4. The Hall–Kier alpha value is -2.57. The molecule has 0 unspecified atom stereocenters. The molecule has 5 nitrogen and oxygen atoms in total. The summed E-state index contributed by atoms with van der Waals surface area (Å²) in [5.74, 6) is -1.05. The summed E-state index contributed by atoms with van der Waals surface area (Å²) in [5, 5.41) is 2.59. The monoisotopic (exact) mass is 278 g/mol. The second-order valence-corrected chi connectivity index (χ2v) is 4.26. The van der Waals surface area contributed by atoms with E-state index in [9.17, 15) is 8.78 Å². The van der Waals surface area contributed by atoms with Crippen molar-refractivity contribution in [3.8, 4) is 0 Å². The van der Waals surface area contributed by atoms with E-state index < -0.39 is 11.6 Å². The molecule has 104 valence electrons. The predicted molar refractivity (Wildman–Crippen MR) is 71.3 cm³/mol. The third-order valence-corrected chi connectivity index (χ3v) is 2.43. The molecule has 1 aromatic carbocycles. The number of guanidine groups is 1. The Bertz CT molecular complexity index is 650. The summed E-state index contributed by atoms with van der Waals surface area (Å²) in [5.41, 5.74) is 7.31. The number of nitrogens with zero attached hydrogens (tertiary/aromatic N) is 2. The van der Waals surface area contributed by atoms with E-state index in [-0.39, 0.29) is 11.6 Å². The number of nitrogens with two attached hydrogens (primary N) is 1. The Kier molecular flexibility index (Phi) is 3.88. The molecule has 0 radical (unpaired) electrons. The molecular formula is C13H14F2N5+. The molecule has 4 N–H and O–H groups in total. The molecule has 0 aliphatic rings. The number of hydrogen-bond acceptors (Lipinski definition) is 2. The minimum absolute atomic E-state index is 0.0421. The maximum absolute atomic E-state index is 13.4. The van der Waals surface area contributed by atoms with Gasteiger partial charge in [0.05, 0.1) is 11.4 Å². The van der Waals surface area contributed by atoms with Crippen LogP contribution in [0.25, 0.3) is 0 Å². The van der Waals surface area contributed by atoms with Crippen LogP contribution >= 0.6 is 0 Å². The Morgan fingerprint density at radius 3 is 2.40 bits per heavy atom. The molecule has 0 bridgehead atoms. The molecule has 0 aliphatic heterocycles. The first-order valence-corrected chi connectivity index (χ1v) is 5.88. The van der Waals surface area contributed by atoms with E-state index in [2.05, 4.69) is 20.3 Å². The molecular weight excluding hydrogens is 264 g/mol. The van der Waals surface area contributed by atoms with Gasteiger partial charge in [0.2, 0.25) is 0 Å². The van der Waals surface area contributed by atoms with Gasteiger partial charge in [-0.2, -0.15) is 0 Å². The number of hydrogen-bond donors (Lipinski definition) is 3. The van der Waals surface area contributed by atoms with Crippen molar-refractivity contribution in [2.45, 2.75) is 13.8 Å². The van der Waals surface area contributed by atoms with Crippen molar-refractivity contribution in [3.63, 3.8) is 0 Å². The molecule has 0 saturated heterocycles. The van der Waals surface area contributed by atoms with Gasteiger partial charge >= 0.3 is 5.95 Å². The van der Waals surface area contributed by atoms with Crippen LogP contribution in [0.15, 0.2) is 24.3 Å². The topological polar surface area (TPSA) is 77.8 Å². The molecule has 7 heteroatoms. The lowest BCUT2D eigenvalue weighted by molar-refractivity contribution is -0.365. The highest BCUT2D eigenvalue weighted by atomic mass is 19.1. The van der Waals surface area contributed by atoms with Crippen LogP contribution < -0.4 is 16.0 Å². The summed E-state index contributed by atoms with van der Waals surface area (Å²) in [4.78, 5) is 11.0. The summed E-state index contributed by atoms with van der Waals surface area (Å²) in [6.45, 7) is 3.65. The van der Waals surface area contributed by atoms with Crippen LogP contribution in [0.1, 0.15) is 11.4 Å². The molecule has 1 heterocycles. The second kappa shape index (κ2) is 5.60. The van der Waals surface area contributed by atoms with Crippen LogP contribution in [-0.4, -0.2) is 15.9 Å². The minimum Gasteiger partial charge on any atom is -0.322 e. The van der Waals surface area contributed by atoms with Gasteiger partial charge in [0.15, 0.2) is 5.82 Å². The molecule has 0 amide bonds. The van der Waals surface area contributed by atoms with Crippen LogP contribution in [0.2, 0.25) is 0 Å². The molecule has 2 rings (SSSR count). The zero-order valence-electron chi connectivity index (χ0n) is 11.0. The van der Waals surface area contributed by atoms with Crippen LogP contribution in [-0.2, 0) is 0 Å². The van der Waals surface area contributed by atoms with E-state index in [0.717, 1.165) is 23.5 Å². The zero-order chi connectivity index (χ0) is 14.7. The standard InChI is InChI=1S/C13H13F2N5/c1-7-5-8(2)18-13(17-7)20-12(16)19-11-4-3-9(14)6-10(11)15/h3-6H,1-2H3,(H3,16,17,18,19,20)/p+1. The smallest absolute Gasteiger partial charge is 0.322 e. The molecule has 0 aliphatic carbocycles. The summed E-state index contributed by atoms with van der Waals surface area (Å²) < 4.78 is 26.2. The Balaban J connectivity index is 2.22. The molecule has 0 saturated carbocycles. The highest BCUT2D eigenvalue weighted by Crippen LogP contribution is 2.13. The fourth-order valence-corrected chi connectivity index (χ4v) is 1.67. The maximum Gasteiger partial charge on any atom is 0.354 e. The first kappa shape index (κ1) is 13.9. The number of aromatic nitrogens is 2. The SMILES string of the molecule is Cc1cc(C)nc([NH+]=C(N)Nc2ccc(F)cc2F)n1. The zero-order valence-corrected chi connectivity index (χ0v) is 11.0. The van der Waals surface area contributed by atoms with Crippen molar-refractivity contribution in [1.29, 1.82) is 0 Å². The van der Waals surface area contributed by atoms with E-state index in [1.165, 1.54) is 6.07 Å². The van der Waals surface area contributed by atoms with E-state index in [1.54, 1.807) is 0 Å². The van der Waals surface area contributed by atoms with Gasteiger partial charge in [-0.1, -0.05) is 0 Å². The molecule has 0 atom stereocenters. The first-order chi connectivity index (χ1) is 9.44. The largest absolute Gasteiger partial charge is 0.354 e. The lowest BCUT2D eigenvalue weighted by atomic mass is 10.3. The molecule has 0 spiro atoms. The lowest BCUT2D eigenvalue weighted by Crippen LogP contribution is -2.72. The van der Waals surface area contributed by atoms with Crippen molar-refractivity contribution in [1.82, 2.24) is 9.97 Å². The fourth-order valence-electron chi connectivity index (χ4n) is 1.67. The second-order valence-electron chi connectivity index (χ2n) is 4.26. The third kappa shape index (κ3) is 3.47. The highest BCUT2D eigenvalue weighted by Gasteiger charge is 2.09. The predicted octanol–water partition coefficient (Wildman–Crippen LogP) is 0.511. The number of rotatable bonds is 2. The molecule has 1 aromatic heterocycles. The Labute approximate surface area is 114 Å². The van der Waals surface area contributed by atoms with E-state index in [1.807, 2.05) is 19.9 Å². The number of halogens is 2. The van der Waals surface area contributed by atoms with E-state index in [4.69, 9.17) is 5.73 Å². The Morgan fingerprint density at radius 1 is 1.15 bits per heavy atom. The molecule has 0 fully saturated rings. The van der Waals surface area contributed by atoms with Crippen LogP contribution in [0.4, 0.5) is 20.4 Å². The first-order valence-electron chi connectivity index (χ1n) is 5.88. The molecule has 2 aromatic rings. The number of aryl methyl sites for hydroxylation is 2. The van der Waals surface area contributed by atoms with Crippen LogP contribution in [0.5, 0.6) is 0 Å². The third-order valence-electron chi connectivity index (χ3n) is 2.43. The van der Waals surface area contributed by atoms with E-state index >= 15 is 0 Å². The van der Waals surface area contributed by atoms with E-state index in [0.29, 0.717) is 5.95 Å².